The minimum atomic E-state index is -5.17. The van der Waals surface area contributed by atoms with E-state index in [0.29, 0.717) is 18.2 Å². The maximum atomic E-state index is 13.3. The zero-order valence-corrected chi connectivity index (χ0v) is 18.1. The number of carbonyl (C=O) groups is 2. The molecule has 0 radical (unpaired) electrons. The van der Waals surface area contributed by atoms with Crippen LogP contribution in [0.25, 0.3) is 11.6 Å². The summed E-state index contributed by atoms with van der Waals surface area (Å²) < 4.78 is 79.7. The van der Waals surface area contributed by atoms with Crippen molar-refractivity contribution in [2.45, 2.75) is 12.4 Å². The standard InChI is InChI=1S/C26H16F6O4/c27-25(28,29)18-11-15(12-19(14-18)26(30,31)32)13-20(23(33)34)22(24(35)36)21(16-7-3-1-4-8-16)17-9-5-2-6-10-17/h1-14H,(H,33,34)(H,35,36)/b20-13+. The first kappa shape index (κ1) is 26.3. The number of carboxylic acid groups (broad SMARTS) is 2. The van der Waals surface area contributed by atoms with Gasteiger partial charge >= 0.3 is 24.3 Å². The summed E-state index contributed by atoms with van der Waals surface area (Å²) in [6, 6.07) is 16.0. The van der Waals surface area contributed by atoms with E-state index in [0.717, 1.165) is 0 Å². The monoisotopic (exact) mass is 506 g/mol. The van der Waals surface area contributed by atoms with Gasteiger partial charge in [0.1, 0.15) is 0 Å². The summed E-state index contributed by atoms with van der Waals surface area (Å²) in [4.78, 5) is 24.5. The van der Waals surface area contributed by atoms with Crippen molar-refractivity contribution >= 4 is 23.6 Å². The topological polar surface area (TPSA) is 74.6 Å². The Labute approximate surface area is 200 Å². The van der Waals surface area contributed by atoms with Gasteiger partial charge in [-0.1, -0.05) is 60.7 Å². The van der Waals surface area contributed by atoms with Gasteiger partial charge in [0.2, 0.25) is 0 Å². The Kier molecular flexibility index (Phi) is 7.37. The number of benzene rings is 3. The molecule has 3 rings (SSSR count). The van der Waals surface area contributed by atoms with Gasteiger partial charge in [-0.2, -0.15) is 26.3 Å². The third-order valence-corrected chi connectivity index (χ3v) is 5.01. The molecular weight excluding hydrogens is 490 g/mol. The van der Waals surface area contributed by atoms with Crippen LogP contribution in [-0.2, 0) is 21.9 Å². The predicted octanol–water partition coefficient (Wildman–Crippen LogP) is 6.78. The van der Waals surface area contributed by atoms with Gasteiger partial charge in [0.15, 0.2) is 0 Å². The average Bonchev–Trinajstić information content (AvgIpc) is 2.80. The summed E-state index contributed by atoms with van der Waals surface area (Å²) in [5, 5.41) is 19.9. The van der Waals surface area contributed by atoms with Crippen LogP contribution in [-0.4, -0.2) is 22.2 Å². The quantitative estimate of drug-likeness (QED) is 0.220. The van der Waals surface area contributed by atoms with Crippen LogP contribution in [0.15, 0.2) is 90.0 Å². The van der Waals surface area contributed by atoms with Crippen LogP contribution in [0.2, 0.25) is 0 Å². The fourth-order valence-electron chi connectivity index (χ4n) is 3.49. The second-order valence-corrected chi connectivity index (χ2v) is 7.49. The minimum Gasteiger partial charge on any atom is -0.478 e. The summed E-state index contributed by atoms with van der Waals surface area (Å²) in [5.74, 6) is -3.60. The number of carboxylic acids is 2. The van der Waals surface area contributed by atoms with Crippen molar-refractivity contribution < 1.29 is 46.1 Å². The zero-order chi connectivity index (χ0) is 26.7. The highest BCUT2D eigenvalue weighted by atomic mass is 19.4. The van der Waals surface area contributed by atoms with E-state index in [4.69, 9.17) is 0 Å². The molecule has 10 heteroatoms. The molecule has 0 spiro atoms. The Morgan fingerprint density at radius 3 is 1.39 bits per heavy atom. The number of hydrogen-bond acceptors (Lipinski definition) is 2. The third kappa shape index (κ3) is 6.01. The first-order valence-electron chi connectivity index (χ1n) is 10.1. The van der Waals surface area contributed by atoms with Crippen molar-refractivity contribution in [3.05, 3.63) is 118 Å². The molecule has 3 aromatic carbocycles. The number of hydrogen-bond donors (Lipinski definition) is 2. The molecule has 3 aromatic rings. The molecule has 0 aliphatic heterocycles. The smallest absolute Gasteiger partial charge is 0.416 e. The van der Waals surface area contributed by atoms with E-state index in [2.05, 4.69) is 0 Å². The van der Waals surface area contributed by atoms with Crippen LogP contribution in [0.4, 0.5) is 26.3 Å². The first-order valence-corrected chi connectivity index (χ1v) is 10.1. The van der Waals surface area contributed by atoms with E-state index in [1.807, 2.05) is 0 Å². The number of alkyl halides is 6. The highest BCUT2D eigenvalue weighted by Gasteiger charge is 2.37. The van der Waals surface area contributed by atoms with Gasteiger partial charge in [-0.25, -0.2) is 9.59 Å². The molecule has 0 aromatic heterocycles. The van der Waals surface area contributed by atoms with Crippen molar-refractivity contribution in [1.29, 1.82) is 0 Å². The van der Waals surface area contributed by atoms with Crippen molar-refractivity contribution in [3.63, 3.8) is 0 Å². The first-order chi connectivity index (χ1) is 16.8. The van der Waals surface area contributed by atoms with Gasteiger partial charge in [0, 0.05) is 5.57 Å². The molecule has 0 aliphatic carbocycles. The fourth-order valence-corrected chi connectivity index (χ4v) is 3.49. The van der Waals surface area contributed by atoms with Crippen LogP contribution < -0.4 is 0 Å². The minimum absolute atomic E-state index is 0.0830. The van der Waals surface area contributed by atoms with Gasteiger partial charge in [0.05, 0.1) is 22.3 Å². The molecule has 0 unspecified atom stereocenters. The summed E-state index contributed by atoms with van der Waals surface area (Å²) in [7, 11) is 0. The Morgan fingerprint density at radius 1 is 0.639 bits per heavy atom. The second kappa shape index (κ2) is 10.1. The lowest BCUT2D eigenvalue weighted by molar-refractivity contribution is -0.143. The van der Waals surface area contributed by atoms with E-state index < -0.39 is 52.1 Å². The maximum absolute atomic E-state index is 13.3. The molecule has 0 saturated carbocycles. The highest BCUT2D eigenvalue weighted by molar-refractivity contribution is 6.15. The fraction of sp³-hybridized carbons (Fsp3) is 0.0769. The summed E-state index contributed by atoms with van der Waals surface area (Å²) in [6.07, 6.45) is -9.85. The Balaban J connectivity index is 2.41. The second-order valence-electron chi connectivity index (χ2n) is 7.49. The van der Waals surface area contributed by atoms with Crippen molar-refractivity contribution in [3.8, 4) is 0 Å². The van der Waals surface area contributed by atoms with Crippen molar-refractivity contribution in [2.24, 2.45) is 0 Å². The number of aliphatic carboxylic acids is 2. The van der Waals surface area contributed by atoms with Gasteiger partial charge in [-0.3, -0.25) is 0 Å². The Morgan fingerprint density at radius 2 is 1.06 bits per heavy atom. The predicted molar refractivity (Wildman–Crippen MR) is 119 cm³/mol. The lowest BCUT2D eigenvalue weighted by Gasteiger charge is -2.16. The maximum Gasteiger partial charge on any atom is 0.416 e. The lowest BCUT2D eigenvalue weighted by Crippen LogP contribution is -2.15. The Bertz CT molecular complexity index is 1260. The zero-order valence-electron chi connectivity index (χ0n) is 18.1. The van der Waals surface area contributed by atoms with Crippen LogP contribution >= 0.6 is 0 Å². The van der Waals surface area contributed by atoms with Gasteiger partial charge in [0.25, 0.3) is 0 Å². The van der Waals surface area contributed by atoms with E-state index in [1.165, 1.54) is 24.3 Å². The molecule has 186 valence electrons. The molecule has 2 N–H and O–H groups in total. The number of halogens is 6. The van der Waals surface area contributed by atoms with E-state index in [9.17, 15) is 46.1 Å². The van der Waals surface area contributed by atoms with Crippen LogP contribution in [0, 0.1) is 0 Å². The van der Waals surface area contributed by atoms with Gasteiger partial charge < -0.3 is 10.2 Å². The van der Waals surface area contributed by atoms with E-state index in [1.54, 1.807) is 36.4 Å². The SMILES string of the molecule is O=C(O)C(=C(c1ccccc1)c1ccccc1)/C(=C\c1cc(C(F)(F)F)cc(C(F)(F)F)c1)C(=O)O. The third-order valence-electron chi connectivity index (χ3n) is 5.01. The van der Waals surface area contributed by atoms with Crippen molar-refractivity contribution in [1.82, 2.24) is 0 Å². The summed E-state index contributed by atoms with van der Waals surface area (Å²) in [5.41, 5.74) is -5.47. The molecule has 4 nitrogen and oxygen atoms in total. The normalized spacial score (nSPS) is 12.2. The van der Waals surface area contributed by atoms with Crippen LogP contribution in [0.3, 0.4) is 0 Å². The molecular formula is C26H16F6O4. The lowest BCUT2D eigenvalue weighted by atomic mass is 9.88. The number of rotatable bonds is 6. The molecule has 36 heavy (non-hydrogen) atoms. The van der Waals surface area contributed by atoms with E-state index in [-0.39, 0.29) is 22.8 Å². The average molecular weight is 506 g/mol. The molecule has 0 saturated heterocycles. The van der Waals surface area contributed by atoms with Crippen LogP contribution in [0.5, 0.6) is 0 Å². The molecule has 0 atom stereocenters. The largest absolute Gasteiger partial charge is 0.478 e. The molecule has 0 aliphatic rings. The molecule has 0 heterocycles. The van der Waals surface area contributed by atoms with Gasteiger partial charge in [-0.05, 0) is 41.0 Å². The van der Waals surface area contributed by atoms with Gasteiger partial charge in [-0.15, -0.1) is 0 Å². The Hall–Kier alpha value is -4.34. The van der Waals surface area contributed by atoms with Crippen molar-refractivity contribution in [2.75, 3.05) is 0 Å². The van der Waals surface area contributed by atoms with Crippen LogP contribution in [0.1, 0.15) is 27.8 Å². The molecule has 0 bridgehead atoms. The highest BCUT2D eigenvalue weighted by Crippen LogP contribution is 2.38. The van der Waals surface area contributed by atoms with E-state index >= 15 is 0 Å². The molecule has 0 amide bonds. The summed E-state index contributed by atoms with van der Waals surface area (Å²) >= 11 is 0. The molecule has 0 fully saturated rings. The summed E-state index contributed by atoms with van der Waals surface area (Å²) in [6.45, 7) is 0.